The van der Waals surface area contributed by atoms with Crippen LogP contribution in [0.25, 0.3) is 0 Å². The zero-order valence-corrected chi connectivity index (χ0v) is 13.1. The van der Waals surface area contributed by atoms with Crippen molar-refractivity contribution in [3.63, 3.8) is 0 Å². The van der Waals surface area contributed by atoms with Crippen molar-refractivity contribution in [2.75, 3.05) is 5.32 Å². The summed E-state index contributed by atoms with van der Waals surface area (Å²) in [4.78, 5) is 11.1. The highest BCUT2D eigenvalue weighted by Gasteiger charge is 2.12. The monoisotopic (exact) mass is 353 g/mol. The van der Waals surface area contributed by atoms with E-state index in [1.807, 2.05) is 31.2 Å². The van der Waals surface area contributed by atoms with E-state index in [2.05, 4.69) is 21.2 Å². The van der Waals surface area contributed by atoms with E-state index in [4.69, 9.17) is 16.7 Å². The van der Waals surface area contributed by atoms with Crippen LogP contribution >= 0.6 is 27.5 Å². The Morgan fingerprint density at radius 1 is 1.30 bits per heavy atom. The highest BCUT2D eigenvalue weighted by atomic mass is 79.9. The summed E-state index contributed by atoms with van der Waals surface area (Å²) in [6, 6.07) is 12.8. The van der Waals surface area contributed by atoms with Crippen molar-refractivity contribution in [3.05, 3.63) is 63.1 Å². The SMILES string of the molecule is CC(Nc1ccc(Cl)c(C(=O)O)c1)c1ccccc1Br. The van der Waals surface area contributed by atoms with Crippen molar-refractivity contribution < 1.29 is 9.90 Å². The fourth-order valence-corrected chi connectivity index (χ4v) is 2.76. The maximum Gasteiger partial charge on any atom is 0.337 e. The minimum absolute atomic E-state index is 0.0356. The van der Waals surface area contributed by atoms with Crippen LogP contribution in [0.15, 0.2) is 46.9 Å². The molecule has 0 aromatic heterocycles. The fourth-order valence-electron chi connectivity index (χ4n) is 1.93. The van der Waals surface area contributed by atoms with E-state index in [-0.39, 0.29) is 16.6 Å². The maximum atomic E-state index is 11.1. The van der Waals surface area contributed by atoms with Gasteiger partial charge >= 0.3 is 5.97 Å². The highest BCUT2D eigenvalue weighted by molar-refractivity contribution is 9.10. The average molecular weight is 355 g/mol. The summed E-state index contributed by atoms with van der Waals surface area (Å²) >= 11 is 9.36. The molecule has 2 aromatic rings. The molecule has 0 aliphatic rings. The quantitative estimate of drug-likeness (QED) is 0.814. The Kier molecular flexibility index (Phi) is 4.68. The van der Waals surface area contributed by atoms with Crippen molar-refractivity contribution in [2.45, 2.75) is 13.0 Å². The molecule has 2 rings (SSSR count). The van der Waals surface area contributed by atoms with Gasteiger partial charge in [-0.05, 0) is 36.8 Å². The number of hydrogen-bond donors (Lipinski definition) is 2. The number of carboxylic acids is 1. The van der Waals surface area contributed by atoms with Gasteiger partial charge in [0.05, 0.1) is 10.6 Å². The van der Waals surface area contributed by atoms with Crippen LogP contribution in [-0.2, 0) is 0 Å². The lowest BCUT2D eigenvalue weighted by molar-refractivity contribution is 0.0697. The third-order valence-electron chi connectivity index (χ3n) is 2.95. The molecule has 0 spiro atoms. The molecule has 0 saturated carbocycles. The minimum Gasteiger partial charge on any atom is -0.478 e. The number of benzene rings is 2. The molecule has 1 atom stereocenters. The second-order valence-electron chi connectivity index (χ2n) is 4.39. The Bertz CT molecular complexity index is 646. The van der Waals surface area contributed by atoms with Crippen LogP contribution in [-0.4, -0.2) is 11.1 Å². The van der Waals surface area contributed by atoms with Crippen molar-refractivity contribution >= 4 is 39.2 Å². The topological polar surface area (TPSA) is 49.3 Å². The van der Waals surface area contributed by atoms with Crippen LogP contribution in [0.1, 0.15) is 28.9 Å². The largest absolute Gasteiger partial charge is 0.478 e. The highest BCUT2D eigenvalue weighted by Crippen LogP contribution is 2.27. The van der Waals surface area contributed by atoms with E-state index in [9.17, 15) is 4.79 Å². The first kappa shape index (κ1) is 14.9. The first-order valence-electron chi connectivity index (χ1n) is 6.03. The van der Waals surface area contributed by atoms with Gasteiger partial charge in [-0.15, -0.1) is 0 Å². The van der Waals surface area contributed by atoms with Crippen LogP contribution in [0.3, 0.4) is 0 Å². The molecular formula is C15H13BrClNO2. The van der Waals surface area contributed by atoms with Crippen molar-refractivity contribution in [1.29, 1.82) is 0 Å². The normalized spacial score (nSPS) is 11.9. The van der Waals surface area contributed by atoms with Gasteiger partial charge in [-0.2, -0.15) is 0 Å². The molecular weight excluding hydrogens is 342 g/mol. The number of hydrogen-bond acceptors (Lipinski definition) is 2. The molecule has 0 aliphatic carbocycles. The molecule has 2 N–H and O–H groups in total. The molecule has 0 aliphatic heterocycles. The molecule has 0 fully saturated rings. The molecule has 1 unspecified atom stereocenters. The number of anilines is 1. The summed E-state index contributed by atoms with van der Waals surface area (Å²) in [5, 5.41) is 12.6. The van der Waals surface area contributed by atoms with Gasteiger partial charge in [-0.3, -0.25) is 0 Å². The smallest absolute Gasteiger partial charge is 0.337 e. The number of halogens is 2. The van der Waals surface area contributed by atoms with Gasteiger partial charge in [-0.1, -0.05) is 45.7 Å². The average Bonchev–Trinajstić information content (AvgIpc) is 2.41. The first-order chi connectivity index (χ1) is 9.49. The molecule has 2 aromatic carbocycles. The van der Waals surface area contributed by atoms with Crippen LogP contribution in [0.4, 0.5) is 5.69 Å². The Morgan fingerprint density at radius 2 is 2.00 bits per heavy atom. The van der Waals surface area contributed by atoms with Gasteiger partial charge in [-0.25, -0.2) is 4.79 Å². The standard InChI is InChI=1S/C15H13BrClNO2/c1-9(11-4-2-3-5-13(11)16)18-10-6-7-14(17)12(8-10)15(19)20/h2-9,18H,1H3,(H,19,20). The maximum absolute atomic E-state index is 11.1. The van der Waals surface area contributed by atoms with Gasteiger partial charge in [0.25, 0.3) is 0 Å². The second kappa shape index (κ2) is 6.29. The number of aromatic carboxylic acids is 1. The van der Waals surface area contributed by atoms with Gasteiger partial charge < -0.3 is 10.4 Å². The van der Waals surface area contributed by atoms with Crippen LogP contribution < -0.4 is 5.32 Å². The molecule has 104 valence electrons. The fraction of sp³-hybridized carbons (Fsp3) is 0.133. The molecule has 0 heterocycles. The Balaban J connectivity index is 2.24. The third-order valence-corrected chi connectivity index (χ3v) is 4.00. The molecule has 3 nitrogen and oxygen atoms in total. The number of rotatable bonds is 4. The van der Waals surface area contributed by atoms with Crippen molar-refractivity contribution in [2.24, 2.45) is 0 Å². The molecule has 5 heteroatoms. The molecule has 0 bridgehead atoms. The van der Waals surface area contributed by atoms with Crippen LogP contribution in [0.2, 0.25) is 5.02 Å². The summed E-state index contributed by atoms with van der Waals surface area (Å²) in [5.41, 5.74) is 1.91. The first-order valence-corrected chi connectivity index (χ1v) is 7.20. The van der Waals surface area contributed by atoms with Gasteiger partial charge in [0.1, 0.15) is 0 Å². The summed E-state index contributed by atoms with van der Waals surface area (Å²) in [7, 11) is 0. The Morgan fingerprint density at radius 3 is 2.65 bits per heavy atom. The van der Waals surface area contributed by atoms with E-state index < -0.39 is 5.97 Å². The van der Waals surface area contributed by atoms with Gasteiger partial charge in [0, 0.05) is 16.2 Å². The van der Waals surface area contributed by atoms with E-state index >= 15 is 0 Å². The second-order valence-corrected chi connectivity index (χ2v) is 5.65. The molecule has 0 saturated heterocycles. The zero-order chi connectivity index (χ0) is 14.7. The van der Waals surface area contributed by atoms with E-state index in [1.54, 1.807) is 12.1 Å². The molecule has 0 amide bonds. The number of nitrogens with one attached hydrogen (secondary N) is 1. The lowest BCUT2D eigenvalue weighted by Gasteiger charge is -2.17. The number of carboxylic acid groups (broad SMARTS) is 1. The van der Waals surface area contributed by atoms with Gasteiger partial charge in [0.15, 0.2) is 0 Å². The zero-order valence-electron chi connectivity index (χ0n) is 10.7. The summed E-state index contributed by atoms with van der Waals surface area (Å²) in [6.45, 7) is 2.01. The van der Waals surface area contributed by atoms with Crippen LogP contribution in [0, 0.1) is 0 Å². The van der Waals surface area contributed by atoms with Gasteiger partial charge in [0.2, 0.25) is 0 Å². The molecule has 0 radical (unpaired) electrons. The third kappa shape index (κ3) is 3.32. The predicted octanol–water partition coefficient (Wildman–Crippen LogP) is 4.97. The lowest BCUT2D eigenvalue weighted by atomic mass is 10.1. The van der Waals surface area contributed by atoms with Crippen molar-refractivity contribution in [1.82, 2.24) is 0 Å². The summed E-state index contributed by atoms with van der Waals surface area (Å²) in [5.74, 6) is -1.04. The molecule has 20 heavy (non-hydrogen) atoms. The Hall–Kier alpha value is -1.52. The lowest BCUT2D eigenvalue weighted by Crippen LogP contribution is -2.08. The predicted molar refractivity (Wildman–Crippen MR) is 84.6 cm³/mol. The summed E-state index contributed by atoms with van der Waals surface area (Å²) < 4.78 is 1.01. The van der Waals surface area contributed by atoms with E-state index in [0.717, 1.165) is 15.7 Å². The van der Waals surface area contributed by atoms with E-state index in [1.165, 1.54) is 6.07 Å². The minimum atomic E-state index is -1.04. The number of carbonyl (C=O) groups is 1. The summed E-state index contributed by atoms with van der Waals surface area (Å²) in [6.07, 6.45) is 0. The van der Waals surface area contributed by atoms with Crippen molar-refractivity contribution in [3.8, 4) is 0 Å². The Labute approximate surface area is 130 Å². The van der Waals surface area contributed by atoms with E-state index in [0.29, 0.717) is 0 Å². The van der Waals surface area contributed by atoms with Crippen LogP contribution in [0.5, 0.6) is 0 Å².